The molecule has 1 heterocycles. The molecule has 0 spiro atoms. The minimum absolute atomic E-state index is 0.104. The maximum atomic E-state index is 13.2. The topological polar surface area (TPSA) is 20.3 Å². The Labute approximate surface area is 152 Å². The first kappa shape index (κ1) is 16.9. The Balaban J connectivity index is 1.93. The van der Waals surface area contributed by atoms with Crippen LogP contribution in [0.15, 0.2) is 36.4 Å². The number of carbonyl (C=O) groups is 1. The third-order valence-electron chi connectivity index (χ3n) is 3.54. The van der Waals surface area contributed by atoms with Gasteiger partial charge in [-0.1, -0.05) is 40.9 Å². The fraction of sp³-hybridized carbons (Fsp3) is 0.188. The first-order valence-electron chi connectivity index (χ1n) is 6.80. The molecule has 0 N–H and O–H groups in total. The van der Waals surface area contributed by atoms with Crippen molar-refractivity contribution in [1.82, 2.24) is 4.90 Å². The first-order chi connectivity index (χ1) is 11.0. The lowest BCUT2D eigenvalue weighted by atomic mass is 10.1. The summed E-state index contributed by atoms with van der Waals surface area (Å²) < 4.78 is 13.2. The van der Waals surface area contributed by atoms with Crippen LogP contribution >= 0.6 is 46.6 Å². The molecule has 1 aliphatic heterocycles. The predicted octanol–water partition coefficient (Wildman–Crippen LogP) is 5.67. The summed E-state index contributed by atoms with van der Waals surface area (Å²) in [5.41, 5.74) is 1.11. The van der Waals surface area contributed by atoms with E-state index in [9.17, 15) is 9.18 Å². The van der Waals surface area contributed by atoms with Crippen molar-refractivity contribution < 1.29 is 9.18 Å². The van der Waals surface area contributed by atoms with E-state index in [1.54, 1.807) is 28.8 Å². The van der Waals surface area contributed by atoms with Crippen molar-refractivity contribution in [1.29, 1.82) is 0 Å². The van der Waals surface area contributed by atoms with Gasteiger partial charge in [-0.15, -0.1) is 11.8 Å². The Hall–Kier alpha value is -0.940. The number of hydrogen-bond donors (Lipinski definition) is 0. The van der Waals surface area contributed by atoms with Gasteiger partial charge in [0.2, 0.25) is 0 Å². The molecular weight excluding hydrogens is 380 g/mol. The third-order valence-corrected chi connectivity index (χ3v) is 5.66. The summed E-state index contributed by atoms with van der Waals surface area (Å²) in [6.07, 6.45) is 0. The predicted molar refractivity (Wildman–Crippen MR) is 94.1 cm³/mol. The van der Waals surface area contributed by atoms with Gasteiger partial charge in [-0.25, -0.2) is 4.39 Å². The first-order valence-corrected chi connectivity index (χ1v) is 8.98. The number of rotatable bonds is 2. The second-order valence-corrected chi connectivity index (χ2v) is 7.45. The number of carbonyl (C=O) groups excluding carboxylic acids is 1. The van der Waals surface area contributed by atoms with Crippen LogP contribution < -0.4 is 0 Å². The summed E-state index contributed by atoms with van der Waals surface area (Å²) in [6.45, 7) is 0.570. The molecular formula is C16H11Cl3FNOS. The zero-order valence-corrected chi connectivity index (χ0v) is 14.8. The maximum absolute atomic E-state index is 13.2. The molecule has 1 amide bonds. The molecule has 0 aromatic heterocycles. The van der Waals surface area contributed by atoms with Crippen molar-refractivity contribution in [2.75, 3.05) is 12.3 Å². The van der Waals surface area contributed by atoms with Crippen LogP contribution in [-0.2, 0) is 0 Å². The molecule has 120 valence electrons. The van der Waals surface area contributed by atoms with Gasteiger partial charge < -0.3 is 4.90 Å². The van der Waals surface area contributed by atoms with Gasteiger partial charge in [0.15, 0.2) is 0 Å². The van der Waals surface area contributed by atoms with Gasteiger partial charge in [0, 0.05) is 27.9 Å². The standard InChI is InChI=1S/C16H11Cl3FNOS/c17-9-1-3-12(13(18)7-9)16-21(5-6-23-16)15(22)11-4-2-10(20)8-14(11)19/h1-4,7-8,16H,5-6H2. The Morgan fingerprint density at radius 2 is 1.91 bits per heavy atom. The van der Waals surface area contributed by atoms with E-state index in [1.165, 1.54) is 12.1 Å². The zero-order valence-electron chi connectivity index (χ0n) is 11.7. The molecule has 0 bridgehead atoms. The molecule has 1 saturated heterocycles. The molecule has 2 aromatic carbocycles. The fourth-order valence-corrected chi connectivity index (χ4v) is 4.57. The summed E-state index contributed by atoms with van der Waals surface area (Å²) in [4.78, 5) is 14.5. The van der Waals surface area contributed by atoms with Gasteiger partial charge in [0.05, 0.1) is 10.6 Å². The zero-order chi connectivity index (χ0) is 16.6. The monoisotopic (exact) mass is 389 g/mol. The summed E-state index contributed by atoms with van der Waals surface area (Å²) in [5, 5.41) is 0.947. The maximum Gasteiger partial charge on any atom is 0.256 e. The highest BCUT2D eigenvalue weighted by Gasteiger charge is 2.33. The number of nitrogens with zero attached hydrogens (tertiary/aromatic N) is 1. The highest BCUT2D eigenvalue weighted by Crippen LogP contribution is 2.42. The van der Waals surface area contributed by atoms with Crippen LogP contribution in [0.2, 0.25) is 15.1 Å². The number of hydrogen-bond acceptors (Lipinski definition) is 2. The smallest absolute Gasteiger partial charge is 0.256 e. The molecule has 1 fully saturated rings. The van der Waals surface area contributed by atoms with Crippen molar-refractivity contribution in [2.24, 2.45) is 0 Å². The van der Waals surface area contributed by atoms with E-state index in [1.807, 2.05) is 6.07 Å². The van der Waals surface area contributed by atoms with E-state index in [0.717, 1.165) is 17.4 Å². The Morgan fingerprint density at radius 1 is 1.13 bits per heavy atom. The van der Waals surface area contributed by atoms with Gasteiger partial charge in [-0.3, -0.25) is 4.79 Å². The van der Waals surface area contributed by atoms with Crippen molar-refractivity contribution in [3.05, 3.63) is 68.4 Å². The SMILES string of the molecule is O=C(c1ccc(F)cc1Cl)N1CCSC1c1ccc(Cl)cc1Cl. The summed E-state index contributed by atoms with van der Waals surface area (Å²) in [7, 11) is 0. The van der Waals surface area contributed by atoms with Crippen molar-refractivity contribution in [3.8, 4) is 0 Å². The Kier molecular flexibility index (Phi) is 5.07. The lowest BCUT2D eigenvalue weighted by Crippen LogP contribution is -2.30. The lowest BCUT2D eigenvalue weighted by Gasteiger charge is -2.25. The fourth-order valence-electron chi connectivity index (χ4n) is 2.46. The van der Waals surface area contributed by atoms with Gasteiger partial charge in [-0.2, -0.15) is 0 Å². The van der Waals surface area contributed by atoms with E-state index < -0.39 is 5.82 Å². The summed E-state index contributed by atoms with van der Waals surface area (Å²) in [5.74, 6) is 0.0735. The van der Waals surface area contributed by atoms with Crippen molar-refractivity contribution >= 4 is 52.5 Å². The summed E-state index contributed by atoms with van der Waals surface area (Å²) in [6, 6.07) is 9.00. The minimum Gasteiger partial charge on any atom is -0.322 e. The number of thioether (sulfide) groups is 1. The average molecular weight is 391 g/mol. The third kappa shape index (κ3) is 3.45. The lowest BCUT2D eigenvalue weighted by molar-refractivity contribution is 0.0760. The largest absolute Gasteiger partial charge is 0.322 e. The molecule has 0 aliphatic carbocycles. The molecule has 3 rings (SSSR count). The van der Waals surface area contributed by atoms with Gasteiger partial charge in [-0.05, 0) is 30.3 Å². The van der Waals surface area contributed by atoms with Crippen LogP contribution in [0.3, 0.4) is 0 Å². The Morgan fingerprint density at radius 3 is 2.61 bits per heavy atom. The van der Waals surface area contributed by atoms with E-state index in [-0.39, 0.29) is 21.9 Å². The summed E-state index contributed by atoms with van der Waals surface area (Å²) >= 11 is 19.8. The van der Waals surface area contributed by atoms with E-state index in [4.69, 9.17) is 34.8 Å². The van der Waals surface area contributed by atoms with Crippen LogP contribution in [0.25, 0.3) is 0 Å². The molecule has 7 heteroatoms. The van der Waals surface area contributed by atoms with Crippen molar-refractivity contribution in [2.45, 2.75) is 5.37 Å². The molecule has 1 unspecified atom stereocenters. The van der Waals surface area contributed by atoms with E-state index in [0.29, 0.717) is 16.6 Å². The number of benzene rings is 2. The van der Waals surface area contributed by atoms with Crippen molar-refractivity contribution in [3.63, 3.8) is 0 Å². The van der Waals surface area contributed by atoms with Crippen LogP contribution in [-0.4, -0.2) is 23.1 Å². The molecule has 1 atom stereocenters. The van der Waals surface area contributed by atoms with E-state index >= 15 is 0 Å². The normalized spacial score (nSPS) is 17.6. The van der Waals surface area contributed by atoms with Crippen LogP contribution in [0.4, 0.5) is 4.39 Å². The van der Waals surface area contributed by atoms with Crippen LogP contribution in [0, 0.1) is 5.82 Å². The molecule has 23 heavy (non-hydrogen) atoms. The van der Waals surface area contributed by atoms with Crippen LogP contribution in [0.5, 0.6) is 0 Å². The van der Waals surface area contributed by atoms with Gasteiger partial charge in [0.1, 0.15) is 11.2 Å². The second kappa shape index (κ2) is 6.89. The second-order valence-electron chi connectivity index (χ2n) is 5.01. The van der Waals surface area contributed by atoms with E-state index in [2.05, 4.69) is 0 Å². The highest BCUT2D eigenvalue weighted by atomic mass is 35.5. The van der Waals surface area contributed by atoms with Gasteiger partial charge >= 0.3 is 0 Å². The molecule has 0 radical (unpaired) electrons. The van der Waals surface area contributed by atoms with Crippen LogP contribution in [0.1, 0.15) is 21.3 Å². The average Bonchev–Trinajstić information content (AvgIpc) is 2.95. The molecule has 2 aromatic rings. The number of halogens is 4. The molecule has 2 nitrogen and oxygen atoms in total. The quantitative estimate of drug-likeness (QED) is 0.658. The number of amides is 1. The van der Waals surface area contributed by atoms with Gasteiger partial charge in [0.25, 0.3) is 5.91 Å². The molecule has 0 saturated carbocycles. The minimum atomic E-state index is -0.473. The Bertz CT molecular complexity index is 771. The molecule has 1 aliphatic rings. The highest BCUT2D eigenvalue weighted by molar-refractivity contribution is 7.99.